The lowest BCUT2D eigenvalue weighted by molar-refractivity contribution is -0.147. The molecule has 3 saturated heterocycles. The van der Waals surface area contributed by atoms with Crippen LogP contribution >= 0.6 is 35.2 Å². The summed E-state index contributed by atoms with van der Waals surface area (Å²) in [5, 5.41) is 34.9. The molecule has 0 bridgehead atoms. The highest BCUT2D eigenvalue weighted by Crippen LogP contribution is 2.66. The van der Waals surface area contributed by atoms with Gasteiger partial charge >= 0.3 is 41.1 Å². The van der Waals surface area contributed by atoms with E-state index in [9.17, 15) is 91.5 Å². The number of hydrogen-bond donors (Lipinski definition) is 10. The van der Waals surface area contributed by atoms with Crippen LogP contribution in [0.25, 0.3) is 0 Å². The number of thioether (sulfide) groups is 1. The lowest BCUT2D eigenvalue weighted by Gasteiger charge is -2.38. The van der Waals surface area contributed by atoms with E-state index in [0.29, 0.717) is 101 Å². The van der Waals surface area contributed by atoms with Crippen molar-refractivity contribution in [1.29, 1.82) is 0 Å². The van der Waals surface area contributed by atoms with Gasteiger partial charge in [-0.25, -0.2) is 18.5 Å². The summed E-state index contributed by atoms with van der Waals surface area (Å²) < 4.78 is 53.4. The number of nitrogens with two attached hydrogens (primary N) is 1. The van der Waals surface area contributed by atoms with E-state index in [-0.39, 0.29) is 123 Å². The lowest BCUT2D eigenvalue weighted by atomic mass is 9.65. The molecule has 2 aliphatic carbocycles. The Balaban J connectivity index is 0.835. The second-order valence-electron chi connectivity index (χ2n) is 30.7. The Bertz CT molecular complexity index is 4590. The third-order valence-electron chi connectivity index (χ3n) is 21.9. The van der Waals surface area contributed by atoms with E-state index in [4.69, 9.17) is 25.2 Å². The molecule has 8 rings (SSSR count). The number of benzene rings is 2. The number of allylic oxidation sites excluding steroid dienone is 4. The Morgan fingerprint density at radius 2 is 1.52 bits per heavy atom. The Morgan fingerprint density at radius 1 is 0.807 bits per heavy atom. The predicted molar refractivity (Wildman–Crippen MR) is 440 cm³/mol. The monoisotopic (exact) mass is 1740 g/mol. The number of carboxylic acid groups (broad SMARTS) is 2. The number of unbranched alkanes of at least 4 members (excludes halogenated alkanes) is 4. The molecule has 1 aromatic heterocycles. The number of aromatic nitrogens is 2. The van der Waals surface area contributed by atoms with Crippen LogP contribution in [0.15, 0.2) is 75.7 Å². The number of phosphoric ester groups is 1. The molecule has 0 radical (unpaired) electrons. The fourth-order valence-electron chi connectivity index (χ4n) is 15.7. The van der Waals surface area contributed by atoms with E-state index >= 15 is 0 Å². The molecule has 12 atom stereocenters. The Kier molecular flexibility index (Phi) is 36.5. The fourth-order valence-corrected chi connectivity index (χ4v) is 19.7. The minimum absolute atomic E-state index is 0.0126. The average molecular weight is 1740 g/mol. The molecule has 3 fully saturated rings. The van der Waals surface area contributed by atoms with Gasteiger partial charge in [-0.15, -0.1) is 0 Å². The Morgan fingerprint density at radius 3 is 2.22 bits per heavy atom. The van der Waals surface area contributed by atoms with Gasteiger partial charge in [0.1, 0.15) is 36.0 Å². The van der Waals surface area contributed by atoms with Crippen LogP contribution in [0.5, 0.6) is 0 Å². The Hall–Kier alpha value is -8.19. The largest absolute Gasteiger partial charge is 0.490 e. The summed E-state index contributed by atoms with van der Waals surface area (Å²) in [5.74, 6) is -0.271. The van der Waals surface area contributed by atoms with Gasteiger partial charge < -0.3 is 70.7 Å². The molecular formula is C81H112N9O25P3S. The molecule has 0 spiro atoms. The number of aliphatic hydroxyl groups excluding tert-OH is 1. The van der Waals surface area contributed by atoms with Crippen molar-refractivity contribution in [1.82, 2.24) is 34.9 Å². The summed E-state index contributed by atoms with van der Waals surface area (Å²) in [6.45, 7) is 10.6. The maximum Gasteiger partial charge on any atom is 0.490 e. The number of ether oxygens (including phenoxy) is 1. The highest BCUT2D eigenvalue weighted by molar-refractivity contribution is 7.99. The van der Waals surface area contributed by atoms with Gasteiger partial charge in [0.25, 0.3) is 5.91 Å². The van der Waals surface area contributed by atoms with E-state index in [0.717, 1.165) is 40.7 Å². The minimum atomic E-state index is -5.83. The van der Waals surface area contributed by atoms with Gasteiger partial charge in [0.05, 0.1) is 48.4 Å². The first-order chi connectivity index (χ1) is 56.4. The zero-order chi connectivity index (χ0) is 87.1. The van der Waals surface area contributed by atoms with Gasteiger partial charge in [-0.3, -0.25) is 62.0 Å². The van der Waals surface area contributed by atoms with Crippen molar-refractivity contribution in [3.8, 4) is 11.8 Å². The van der Waals surface area contributed by atoms with Crippen LogP contribution in [-0.2, 0) is 87.6 Å². The van der Waals surface area contributed by atoms with Crippen LogP contribution in [0.1, 0.15) is 231 Å². The maximum atomic E-state index is 14.8. The van der Waals surface area contributed by atoms with E-state index in [1.54, 1.807) is 23.8 Å². The molecule has 4 heterocycles. The number of nitrogens with zero attached hydrogens (tertiary/aromatic N) is 6. The Labute approximate surface area is 696 Å². The summed E-state index contributed by atoms with van der Waals surface area (Å²) in [7, 11) is -15.3. The molecule has 11 N–H and O–H groups in total. The number of rotatable bonds is 46. The van der Waals surface area contributed by atoms with Crippen molar-refractivity contribution >= 4 is 106 Å². The van der Waals surface area contributed by atoms with Crippen molar-refractivity contribution in [2.45, 2.75) is 244 Å². The molecule has 3 aliphatic heterocycles. The number of aliphatic carboxylic acids is 2. The number of aryl methyl sites for hydroxylation is 2. The number of phosphoric acid groups is 3. The summed E-state index contributed by atoms with van der Waals surface area (Å²) in [5.41, 5.74) is 15.0. The zero-order valence-electron chi connectivity index (χ0n) is 68.1. The number of anilines is 1. The zero-order valence-corrected chi connectivity index (χ0v) is 71.6. The average Bonchev–Trinajstić information content (AvgIpc) is 1.48. The normalized spacial score (nSPS) is 21.1. The molecule has 34 nitrogen and oxygen atoms in total. The van der Waals surface area contributed by atoms with Crippen LogP contribution in [0, 0.1) is 30.6 Å². The van der Waals surface area contributed by atoms with Gasteiger partial charge in [0, 0.05) is 114 Å². The van der Waals surface area contributed by atoms with E-state index < -0.39 is 127 Å². The van der Waals surface area contributed by atoms with Crippen molar-refractivity contribution in [2.24, 2.45) is 16.8 Å². The molecule has 0 saturated carbocycles. The number of aliphatic imine (C=N–C) groups is 1. The number of amides is 5. The number of nitrogens with one attached hydrogen (secondary N) is 2. The molecule has 5 amide bonds. The number of nitrogen functional groups attached to an aromatic ring is 1. The molecule has 10 unspecified atom stereocenters. The first-order valence-corrected chi connectivity index (χ1v) is 46.3. The summed E-state index contributed by atoms with van der Waals surface area (Å²) in [6.07, 6.45) is 8.49. The molecular weight excluding hydrogens is 1620 g/mol. The van der Waals surface area contributed by atoms with Gasteiger partial charge in [0.2, 0.25) is 23.6 Å². The molecule has 652 valence electrons. The third-order valence-corrected chi connectivity index (χ3v) is 26.7. The highest BCUT2D eigenvalue weighted by atomic mass is 32.2. The van der Waals surface area contributed by atoms with Crippen molar-refractivity contribution in [3.63, 3.8) is 0 Å². The fraction of sp³-hybridized carbons (Fsp3) is 0.593. The minimum Gasteiger partial charge on any atom is -0.481 e. The number of hydrogen-bond acceptors (Lipinski definition) is 23. The van der Waals surface area contributed by atoms with Gasteiger partial charge in [0.15, 0.2) is 11.6 Å². The summed E-state index contributed by atoms with van der Waals surface area (Å²) in [4.78, 5) is 198. The van der Waals surface area contributed by atoms with Crippen LogP contribution in [0.3, 0.4) is 0 Å². The predicted octanol–water partition coefficient (Wildman–Crippen LogP) is 8.68. The van der Waals surface area contributed by atoms with Crippen LogP contribution in [0.4, 0.5) is 5.82 Å². The maximum absolute atomic E-state index is 14.8. The summed E-state index contributed by atoms with van der Waals surface area (Å²) in [6, 6.07) is 8.40. The molecule has 119 heavy (non-hydrogen) atoms. The summed E-state index contributed by atoms with van der Waals surface area (Å²) >= 11 is 1.51. The number of carboxylic acids is 2. The molecule has 38 heteroatoms. The van der Waals surface area contributed by atoms with E-state index in [1.165, 1.54) is 50.7 Å². The van der Waals surface area contributed by atoms with Crippen LogP contribution < -0.4 is 22.1 Å². The van der Waals surface area contributed by atoms with Crippen molar-refractivity contribution in [2.75, 3.05) is 57.1 Å². The third kappa shape index (κ3) is 28.2. The van der Waals surface area contributed by atoms with Gasteiger partial charge in [-0.05, 0) is 149 Å². The first-order valence-electron chi connectivity index (χ1n) is 40.6. The number of fused-ring (bicyclic) bond motifs is 2. The number of carbonyl (C=O) groups excluding carboxylic acids is 8. The number of Topliss-reactive ketones (excluding diaryl/α,β-unsaturated/α-hetero) is 3. The van der Waals surface area contributed by atoms with E-state index in [1.807, 2.05) is 25.1 Å². The first kappa shape index (κ1) is 96.3. The second kappa shape index (κ2) is 45.1. The SMILES string of the molecule is CCCc1cc2c(cc1C)C(c1ccccc1C(=O)N(C)CCCC(=O)N1CCCC1C(=O)N1CCCC1C(=O)NC(CCCCSCCC(=O)CCC#Cc1cn([C@H]3CC(O)[C@@H](COP(=O)(O)OP(=O)(O)OP(=O)(O)O)O3)c(=O)nc1N)C(=O)CCCCCCC(=O)NC(CC(=O)O)C(=O)CC(CC)C(=O)O)C1C=C(C)C(=NCC)C=C1C2. The van der Waals surface area contributed by atoms with Gasteiger partial charge in [-0.2, -0.15) is 25.4 Å². The topological polar surface area (TPSA) is 507 Å². The molecule has 3 aromatic rings. The molecule has 2 aromatic carbocycles. The number of ketones is 3. The van der Waals surface area contributed by atoms with Crippen LogP contribution in [-0.4, -0.2) is 211 Å². The van der Waals surface area contributed by atoms with Crippen LogP contribution in [0.2, 0.25) is 0 Å². The molecule has 5 aliphatic rings. The lowest BCUT2D eigenvalue weighted by Crippen LogP contribution is -2.54. The van der Waals surface area contributed by atoms with Crippen molar-refractivity contribution in [3.05, 3.63) is 115 Å². The number of likely N-dealkylation sites (tertiary alicyclic amines) is 2. The van der Waals surface area contributed by atoms with E-state index in [2.05, 4.69) is 91.7 Å². The smallest absolute Gasteiger partial charge is 0.481 e. The highest BCUT2D eigenvalue weighted by Gasteiger charge is 2.46. The number of aliphatic hydroxyl groups is 1. The quantitative estimate of drug-likeness (QED) is 0.0143. The second-order valence-corrected chi connectivity index (χ2v) is 36.4. The van der Waals surface area contributed by atoms with Crippen molar-refractivity contribution < 1.29 is 114 Å². The van der Waals surface area contributed by atoms with Gasteiger partial charge in [-0.1, -0.05) is 93.4 Å². The number of carbonyl (C=O) groups is 10. The standard InChI is InChI=1S/C81H112N9O25P3S/c1-7-23-53-42-55-43-56-44-63(83-9-3)51(5)41-61(56)75(60(55)40-50(53)4)58-26-16-17-27-59(58)78(100)87(6)35-22-33-72(96)88-36-21-30-66(88)79(101)89-37-20-29-65(89)77(99)85-62(67(92)31-12-10-11-13-32-71(95)84-64(46-74(97)98)68(93)45-52(8-2)80(102)103)28-18-19-38-119-39-34-57(91)25-15-14-24-54-48-90(81(104)86-76(54)82)73-47-69(94)70(113-73)49-112-117(108,109)115-118(110,111)114-116(105,106)107/h16-17,26-27,40-42,44,48,52,61-62,64-66,69-70,73,75,94H,7-13,15,18-23,25,28-39,43,45-47,49H2,1-6H3,(H,84,95)(H,85,99)(H,97,98)(H,102,103)(H,108,109)(H,110,111)(H2,82,86,104)(H2,105,106,107)/t52?,61?,62?,64?,65?,66?,69?,70-,73-,75?/m1/s1.